The number of para-hydroxylation sites is 1. The monoisotopic (exact) mass is 620 g/mol. The molecule has 204 valence electrons. The average molecular weight is 621 g/mol. The van der Waals surface area contributed by atoms with Crippen LogP contribution in [0.15, 0.2) is 40.6 Å². The van der Waals surface area contributed by atoms with Gasteiger partial charge in [-0.2, -0.15) is 4.31 Å². The molecule has 0 bridgehead atoms. The van der Waals surface area contributed by atoms with E-state index in [1.54, 1.807) is 24.3 Å². The second-order valence-corrected chi connectivity index (χ2v) is 15.7. The van der Waals surface area contributed by atoms with Crippen molar-refractivity contribution in [3.05, 3.63) is 51.2 Å². The minimum atomic E-state index is -3.72. The van der Waals surface area contributed by atoms with Crippen molar-refractivity contribution in [1.29, 1.82) is 0 Å². The lowest BCUT2D eigenvalue weighted by Crippen LogP contribution is -2.43. The lowest BCUT2D eigenvalue weighted by atomic mass is 9.98. The summed E-state index contributed by atoms with van der Waals surface area (Å²) < 4.78 is 29.4. The summed E-state index contributed by atoms with van der Waals surface area (Å²) in [4.78, 5) is 33.4. The molecule has 39 heavy (non-hydrogen) atoms. The maximum atomic E-state index is 13.6. The van der Waals surface area contributed by atoms with Gasteiger partial charge in [-0.1, -0.05) is 23.7 Å². The molecule has 4 aromatic rings. The Morgan fingerprint density at radius 2 is 1.92 bits per heavy atom. The summed E-state index contributed by atoms with van der Waals surface area (Å²) in [5, 5.41) is 4.69. The number of benzene rings is 1. The molecule has 0 saturated carbocycles. The number of carbonyl (C=O) groups is 2. The van der Waals surface area contributed by atoms with Crippen LogP contribution in [-0.2, 0) is 32.6 Å². The number of sulfonamides is 1. The van der Waals surface area contributed by atoms with E-state index in [2.05, 4.69) is 5.32 Å². The average Bonchev–Trinajstić information content (AvgIpc) is 3.64. The minimum Gasteiger partial charge on any atom is -0.337 e. The zero-order valence-electron chi connectivity index (χ0n) is 21.0. The van der Waals surface area contributed by atoms with Gasteiger partial charge in [0.1, 0.15) is 14.2 Å². The van der Waals surface area contributed by atoms with Crippen molar-refractivity contribution in [2.75, 3.05) is 25.0 Å². The number of thiazole rings is 1. The van der Waals surface area contributed by atoms with Crippen molar-refractivity contribution >= 4 is 82.7 Å². The van der Waals surface area contributed by atoms with Gasteiger partial charge < -0.3 is 10.2 Å². The van der Waals surface area contributed by atoms with Crippen LogP contribution in [-0.4, -0.2) is 54.1 Å². The third-order valence-corrected chi connectivity index (χ3v) is 12.9. The Hall–Kier alpha value is -2.35. The summed E-state index contributed by atoms with van der Waals surface area (Å²) in [5.41, 5.74) is 2.94. The van der Waals surface area contributed by atoms with Gasteiger partial charge >= 0.3 is 0 Å². The highest BCUT2D eigenvalue weighted by atomic mass is 35.5. The topological polar surface area (TPSA) is 99.7 Å². The van der Waals surface area contributed by atoms with Gasteiger partial charge in [-0.25, -0.2) is 13.4 Å². The van der Waals surface area contributed by atoms with Gasteiger partial charge in [0.2, 0.25) is 11.8 Å². The molecule has 3 aromatic heterocycles. The molecule has 8 nitrogen and oxygen atoms in total. The van der Waals surface area contributed by atoms with Crippen LogP contribution in [0.1, 0.15) is 30.2 Å². The fraction of sp³-hybridized carbons (Fsp3) is 0.346. The molecule has 13 heteroatoms. The third kappa shape index (κ3) is 5.14. The number of nitrogens with zero attached hydrogens (tertiary/aromatic N) is 3. The zero-order chi connectivity index (χ0) is 27.3. The second kappa shape index (κ2) is 10.6. The molecule has 1 atom stereocenters. The van der Waals surface area contributed by atoms with E-state index in [1.807, 2.05) is 29.2 Å². The molecule has 1 saturated heterocycles. The van der Waals surface area contributed by atoms with Gasteiger partial charge in [0, 0.05) is 37.0 Å². The number of amides is 2. The van der Waals surface area contributed by atoms with E-state index in [0.717, 1.165) is 42.6 Å². The van der Waals surface area contributed by atoms with Gasteiger partial charge in [0.05, 0.1) is 27.0 Å². The number of carbonyl (C=O) groups excluding carboxylic acids is 2. The van der Waals surface area contributed by atoms with Crippen LogP contribution in [0, 0.1) is 5.92 Å². The molecule has 2 aliphatic heterocycles. The summed E-state index contributed by atoms with van der Waals surface area (Å²) in [7, 11) is -3.72. The van der Waals surface area contributed by atoms with Crippen LogP contribution in [0.2, 0.25) is 4.34 Å². The number of halogens is 1. The second-order valence-electron chi connectivity index (χ2n) is 9.64. The Morgan fingerprint density at radius 1 is 1.10 bits per heavy atom. The molecule has 2 amide bonds. The standard InChI is InChI=1S/C26H25ClN4O4S4/c1-15(32)30-12-10-17-20(14-30)37-26(23(17)25-28-18-6-2-3-7-19(18)36-25)29-24(33)16-5-4-11-31(13-16)39(34,35)22-9-8-21(27)38-22/h2-3,6-9,16H,4-5,10-14H2,1H3,(H,29,33). The molecular weight excluding hydrogens is 596 g/mol. The van der Waals surface area contributed by atoms with Gasteiger partial charge in [-0.05, 0) is 49.1 Å². The van der Waals surface area contributed by atoms with E-state index in [1.165, 1.54) is 21.7 Å². The molecule has 0 radical (unpaired) electrons. The molecule has 1 aromatic carbocycles. The number of rotatable bonds is 5. The van der Waals surface area contributed by atoms with E-state index in [-0.39, 0.29) is 22.6 Å². The van der Waals surface area contributed by atoms with Crippen LogP contribution in [0.3, 0.4) is 0 Å². The molecule has 1 N–H and O–H groups in total. The molecule has 2 aliphatic rings. The quantitative estimate of drug-likeness (QED) is 0.309. The first-order valence-corrected chi connectivity index (χ1v) is 16.8. The molecule has 1 unspecified atom stereocenters. The number of piperidine rings is 1. The highest BCUT2D eigenvalue weighted by molar-refractivity contribution is 7.91. The van der Waals surface area contributed by atoms with Crippen LogP contribution >= 0.6 is 45.6 Å². The van der Waals surface area contributed by atoms with Crippen LogP contribution < -0.4 is 5.32 Å². The van der Waals surface area contributed by atoms with Gasteiger partial charge in [0.25, 0.3) is 10.0 Å². The van der Waals surface area contributed by atoms with Crippen molar-refractivity contribution in [3.8, 4) is 10.6 Å². The van der Waals surface area contributed by atoms with Gasteiger partial charge in [-0.3, -0.25) is 9.59 Å². The normalized spacial score (nSPS) is 18.3. The number of thiophene rings is 2. The highest BCUT2D eigenvalue weighted by Crippen LogP contribution is 2.46. The molecule has 5 heterocycles. The van der Waals surface area contributed by atoms with Crippen molar-refractivity contribution < 1.29 is 18.0 Å². The van der Waals surface area contributed by atoms with E-state index < -0.39 is 15.9 Å². The summed E-state index contributed by atoms with van der Waals surface area (Å²) in [5.74, 6) is -0.666. The molecule has 1 fully saturated rings. The third-order valence-electron chi connectivity index (χ3n) is 7.14. The molecule has 6 rings (SSSR count). The minimum absolute atomic E-state index is 0.0247. The Kier molecular flexibility index (Phi) is 7.27. The number of aromatic nitrogens is 1. The summed E-state index contributed by atoms with van der Waals surface area (Å²) in [6, 6.07) is 11.0. The lowest BCUT2D eigenvalue weighted by Gasteiger charge is -2.30. The predicted molar refractivity (Wildman–Crippen MR) is 157 cm³/mol. The Balaban J connectivity index is 1.30. The highest BCUT2D eigenvalue weighted by Gasteiger charge is 2.35. The number of hydrogen-bond donors (Lipinski definition) is 1. The van der Waals surface area contributed by atoms with E-state index in [9.17, 15) is 18.0 Å². The number of hydrogen-bond acceptors (Lipinski definition) is 8. The number of anilines is 1. The van der Waals surface area contributed by atoms with Crippen molar-refractivity contribution in [1.82, 2.24) is 14.2 Å². The van der Waals surface area contributed by atoms with Gasteiger partial charge in [0.15, 0.2) is 0 Å². The van der Waals surface area contributed by atoms with Crippen molar-refractivity contribution in [2.45, 2.75) is 36.9 Å². The predicted octanol–water partition coefficient (Wildman–Crippen LogP) is 5.68. The number of nitrogens with one attached hydrogen (secondary N) is 1. The Bertz CT molecular complexity index is 1660. The summed E-state index contributed by atoms with van der Waals surface area (Å²) in [6.45, 7) is 3.17. The fourth-order valence-corrected chi connectivity index (χ4v) is 10.7. The largest absolute Gasteiger partial charge is 0.337 e. The van der Waals surface area contributed by atoms with Crippen LogP contribution in [0.25, 0.3) is 20.8 Å². The Labute approximate surface area is 243 Å². The fourth-order valence-electron chi connectivity index (χ4n) is 5.12. The SMILES string of the molecule is CC(=O)N1CCc2c(sc(NC(=O)C3CCCN(S(=O)(=O)c4ccc(Cl)s4)C3)c2-c2nc3ccccc3s2)C1. The summed E-state index contributed by atoms with van der Waals surface area (Å²) in [6.07, 6.45) is 1.88. The van der Waals surface area contributed by atoms with Crippen molar-refractivity contribution in [3.63, 3.8) is 0 Å². The maximum absolute atomic E-state index is 13.6. The first-order chi connectivity index (χ1) is 18.7. The van der Waals surface area contributed by atoms with E-state index >= 15 is 0 Å². The first-order valence-electron chi connectivity index (χ1n) is 12.5. The molecule has 0 spiro atoms. The zero-order valence-corrected chi connectivity index (χ0v) is 25.0. The van der Waals surface area contributed by atoms with Crippen molar-refractivity contribution in [2.24, 2.45) is 5.92 Å². The van der Waals surface area contributed by atoms with Crippen LogP contribution in [0.5, 0.6) is 0 Å². The first kappa shape index (κ1) is 26.9. The Morgan fingerprint density at radius 3 is 2.67 bits per heavy atom. The van der Waals surface area contributed by atoms with E-state index in [0.29, 0.717) is 48.2 Å². The maximum Gasteiger partial charge on any atom is 0.252 e. The van der Waals surface area contributed by atoms with Crippen LogP contribution in [0.4, 0.5) is 5.00 Å². The smallest absolute Gasteiger partial charge is 0.252 e. The summed E-state index contributed by atoms with van der Waals surface area (Å²) >= 11 is 10.1. The lowest BCUT2D eigenvalue weighted by molar-refractivity contribution is -0.129. The van der Waals surface area contributed by atoms with E-state index in [4.69, 9.17) is 16.6 Å². The number of fused-ring (bicyclic) bond motifs is 2. The van der Waals surface area contributed by atoms with Gasteiger partial charge in [-0.15, -0.1) is 34.0 Å². The molecule has 0 aliphatic carbocycles. The molecular formula is C26H25ClN4O4S4.